The van der Waals surface area contributed by atoms with Gasteiger partial charge < -0.3 is 4.74 Å². The van der Waals surface area contributed by atoms with E-state index in [1.165, 1.54) is 0 Å². The second-order valence-corrected chi connectivity index (χ2v) is 6.87. The number of fused-ring (bicyclic) bond motifs is 1. The molecule has 0 atom stereocenters. The minimum Gasteiger partial charge on any atom is -0.488 e. The third-order valence-corrected chi connectivity index (χ3v) is 4.94. The first-order valence-corrected chi connectivity index (χ1v) is 9.69. The molecule has 1 heterocycles. The number of ether oxygens (including phenoxy) is 1. The van der Waals surface area contributed by atoms with Crippen LogP contribution in [0.25, 0.3) is 28.1 Å². The van der Waals surface area contributed by atoms with E-state index in [9.17, 15) is 0 Å². The molecule has 0 saturated heterocycles. The summed E-state index contributed by atoms with van der Waals surface area (Å²) in [5, 5.41) is 0. The fraction of sp³-hybridized carbons (Fsp3) is 0.0385. The molecule has 0 amide bonds. The molecule has 0 spiro atoms. The molecule has 3 heteroatoms. The Bertz CT molecular complexity index is 1240. The van der Waals surface area contributed by atoms with Crippen molar-refractivity contribution >= 4 is 11.0 Å². The van der Waals surface area contributed by atoms with E-state index in [-0.39, 0.29) is 0 Å². The molecule has 5 aromatic rings. The second kappa shape index (κ2) is 7.64. The highest BCUT2D eigenvalue weighted by Gasteiger charge is 2.17. The minimum atomic E-state index is 0.517. The van der Waals surface area contributed by atoms with Gasteiger partial charge >= 0.3 is 0 Å². The Hall–Kier alpha value is -3.85. The summed E-state index contributed by atoms with van der Waals surface area (Å²) in [7, 11) is 0. The fourth-order valence-electron chi connectivity index (χ4n) is 3.56. The molecule has 0 fully saturated rings. The molecule has 0 aliphatic carbocycles. The van der Waals surface area contributed by atoms with Crippen LogP contribution in [0.3, 0.4) is 0 Å². The number of nitrogens with zero attached hydrogens (tertiary/aromatic N) is 2. The third-order valence-electron chi connectivity index (χ3n) is 4.94. The highest BCUT2D eigenvalue weighted by molar-refractivity contribution is 5.84. The zero-order valence-corrected chi connectivity index (χ0v) is 15.9. The molecule has 29 heavy (non-hydrogen) atoms. The van der Waals surface area contributed by atoms with Crippen LogP contribution in [0.5, 0.6) is 5.75 Å². The van der Waals surface area contributed by atoms with Crippen LogP contribution in [0.1, 0.15) is 5.56 Å². The van der Waals surface area contributed by atoms with E-state index in [0.29, 0.717) is 6.61 Å². The van der Waals surface area contributed by atoms with Crippen LogP contribution in [0.2, 0.25) is 0 Å². The van der Waals surface area contributed by atoms with Gasteiger partial charge in [-0.15, -0.1) is 0 Å². The van der Waals surface area contributed by atoms with Crippen LogP contribution in [0.15, 0.2) is 109 Å². The molecule has 0 aliphatic heterocycles. The van der Waals surface area contributed by atoms with Gasteiger partial charge in [0, 0.05) is 5.69 Å². The Labute approximate surface area is 169 Å². The van der Waals surface area contributed by atoms with Gasteiger partial charge in [-0.2, -0.15) is 0 Å². The van der Waals surface area contributed by atoms with Gasteiger partial charge in [0.2, 0.25) is 0 Å². The Morgan fingerprint density at radius 3 is 2.14 bits per heavy atom. The molecule has 0 aliphatic rings. The summed E-state index contributed by atoms with van der Waals surface area (Å²) in [5.41, 5.74) is 5.23. The summed E-state index contributed by atoms with van der Waals surface area (Å²) in [6.45, 7) is 0.517. The topological polar surface area (TPSA) is 27.1 Å². The number of hydrogen-bond acceptors (Lipinski definition) is 2. The first kappa shape index (κ1) is 17.3. The second-order valence-electron chi connectivity index (χ2n) is 6.87. The fourth-order valence-corrected chi connectivity index (χ4v) is 3.56. The maximum atomic E-state index is 6.21. The van der Waals surface area contributed by atoms with E-state index in [1.807, 2.05) is 72.8 Å². The summed E-state index contributed by atoms with van der Waals surface area (Å²) in [6, 6.07) is 36.9. The predicted octanol–water partition coefficient (Wildman–Crippen LogP) is 6.27. The molecule has 3 nitrogen and oxygen atoms in total. The van der Waals surface area contributed by atoms with Crippen LogP contribution < -0.4 is 4.74 Å². The molecule has 1 aromatic heterocycles. The van der Waals surface area contributed by atoms with Gasteiger partial charge in [0.15, 0.2) is 0 Å². The molecular formula is C26H20N2O. The summed E-state index contributed by atoms with van der Waals surface area (Å²) >= 11 is 0. The number of rotatable bonds is 5. The van der Waals surface area contributed by atoms with Crippen LogP contribution >= 0.6 is 0 Å². The Morgan fingerprint density at radius 2 is 1.31 bits per heavy atom. The van der Waals surface area contributed by atoms with Gasteiger partial charge in [0.25, 0.3) is 0 Å². The van der Waals surface area contributed by atoms with Crippen molar-refractivity contribution < 1.29 is 4.74 Å². The van der Waals surface area contributed by atoms with E-state index in [4.69, 9.17) is 9.72 Å². The lowest BCUT2D eigenvalue weighted by Crippen LogP contribution is -2.01. The summed E-state index contributed by atoms with van der Waals surface area (Å²) in [5.74, 6) is 1.70. The first-order valence-electron chi connectivity index (χ1n) is 9.69. The maximum Gasteiger partial charge on any atom is 0.149 e. The van der Waals surface area contributed by atoms with Crippen molar-refractivity contribution in [1.82, 2.24) is 9.55 Å². The van der Waals surface area contributed by atoms with E-state index in [1.54, 1.807) is 0 Å². The van der Waals surface area contributed by atoms with Crippen molar-refractivity contribution in [3.8, 4) is 22.8 Å². The van der Waals surface area contributed by atoms with Crippen molar-refractivity contribution in [1.29, 1.82) is 0 Å². The molecule has 5 rings (SSSR count). The molecule has 0 bridgehead atoms. The van der Waals surface area contributed by atoms with Gasteiger partial charge in [-0.25, -0.2) is 4.98 Å². The smallest absolute Gasteiger partial charge is 0.149 e. The van der Waals surface area contributed by atoms with Gasteiger partial charge in [-0.1, -0.05) is 72.8 Å². The number of imidazole rings is 1. The van der Waals surface area contributed by atoms with E-state index < -0.39 is 0 Å². The standard InChI is InChI=1S/C26H20N2O/c1-3-11-20(12-4-1)19-29-25-18-10-7-15-22(25)26-27-23-16-8-9-17-24(23)28(26)21-13-5-2-6-14-21/h1-18H,19H2. The van der Waals surface area contributed by atoms with E-state index in [0.717, 1.165) is 39.4 Å². The minimum absolute atomic E-state index is 0.517. The third kappa shape index (κ3) is 3.39. The van der Waals surface area contributed by atoms with Crippen molar-refractivity contribution in [3.63, 3.8) is 0 Å². The van der Waals surface area contributed by atoms with Crippen LogP contribution in [0.4, 0.5) is 0 Å². The molecule has 0 saturated carbocycles. The van der Waals surface area contributed by atoms with Gasteiger partial charge in [-0.3, -0.25) is 4.57 Å². The highest BCUT2D eigenvalue weighted by Crippen LogP contribution is 2.34. The van der Waals surface area contributed by atoms with E-state index >= 15 is 0 Å². The zero-order chi connectivity index (χ0) is 19.5. The van der Waals surface area contributed by atoms with Crippen molar-refractivity contribution in [2.45, 2.75) is 6.61 Å². The lowest BCUT2D eigenvalue weighted by molar-refractivity contribution is 0.307. The number of para-hydroxylation sites is 4. The molecule has 0 N–H and O–H groups in total. The molecule has 0 radical (unpaired) electrons. The maximum absolute atomic E-state index is 6.21. The monoisotopic (exact) mass is 376 g/mol. The molecule has 140 valence electrons. The van der Waals surface area contributed by atoms with Gasteiger partial charge in [0.1, 0.15) is 18.2 Å². The van der Waals surface area contributed by atoms with Crippen LogP contribution in [-0.2, 0) is 6.61 Å². The lowest BCUT2D eigenvalue weighted by atomic mass is 10.1. The predicted molar refractivity (Wildman–Crippen MR) is 117 cm³/mol. The van der Waals surface area contributed by atoms with Crippen molar-refractivity contribution in [2.24, 2.45) is 0 Å². The zero-order valence-electron chi connectivity index (χ0n) is 15.9. The number of hydrogen-bond donors (Lipinski definition) is 0. The summed E-state index contributed by atoms with van der Waals surface area (Å²) < 4.78 is 8.41. The Balaban J connectivity index is 1.63. The number of benzene rings is 4. The Morgan fingerprint density at radius 1 is 0.655 bits per heavy atom. The molecular weight excluding hydrogens is 356 g/mol. The highest BCUT2D eigenvalue weighted by atomic mass is 16.5. The average Bonchev–Trinajstić information content (AvgIpc) is 3.18. The van der Waals surface area contributed by atoms with Gasteiger partial charge in [-0.05, 0) is 42.0 Å². The van der Waals surface area contributed by atoms with E-state index in [2.05, 4.69) is 41.0 Å². The van der Waals surface area contributed by atoms with Crippen molar-refractivity contribution in [3.05, 3.63) is 115 Å². The largest absolute Gasteiger partial charge is 0.488 e. The SMILES string of the molecule is c1ccc(COc2ccccc2-c2nc3ccccc3n2-c2ccccc2)cc1. The average molecular weight is 376 g/mol. The molecule has 4 aromatic carbocycles. The van der Waals surface area contributed by atoms with Crippen LogP contribution in [-0.4, -0.2) is 9.55 Å². The summed E-state index contributed by atoms with van der Waals surface area (Å²) in [4.78, 5) is 4.96. The van der Waals surface area contributed by atoms with Crippen molar-refractivity contribution in [2.75, 3.05) is 0 Å². The normalized spacial score (nSPS) is 10.9. The number of aromatic nitrogens is 2. The van der Waals surface area contributed by atoms with Gasteiger partial charge in [0.05, 0.1) is 16.6 Å². The Kier molecular flexibility index (Phi) is 4.55. The molecule has 0 unspecified atom stereocenters. The summed E-state index contributed by atoms with van der Waals surface area (Å²) in [6.07, 6.45) is 0. The quantitative estimate of drug-likeness (QED) is 0.361. The lowest BCUT2D eigenvalue weighted by Gasteiger charge is -2.14. The first-order chi connectivity index (χ1) is 14.4. The van der Waals surface area contributed by atoms with Crippen LogP contribution in [0, 0.1) is 0 Å².